The second-order valence-corrected chi connectivity index (χ2v) is 13.3. The fourth-order valence-corrected chi connectivity index (χ4v) is 7.81. The summed E-state index contributed by atoms with van der Waals surface area (Å²) in [5.74, 6) is 0.424. The highest BCUT2D eigenvalue weighted by Crippen LogP contribution is 2.50. The van der Waals surface area contributed by atoms with Gasteiger partial charge in [-0.15, -0.1) is 0 Å². The SMILES string of the molecule is [2H]C([2H])([2H])c1ccc2c(oc3nc4ccccc4n32)c1-c1ccc(-c2c(-c3ccccc3)c(-c3ccccc3)cc(-c3ccccc3)c2-c2ccccc2)cc1. The van der Waals surface area contributed by atoms with Crippen molar-refractivity contribution >= 4 is 28.0 Å². The van der Waals surface area contributed by atoms with Crippen LogP contribution in [0, 0.1) is 6.85 Å². The molecule has 0 saturated carbocycles. The Hall–Kier alpha value is -6.97. The number of aromatic nitrogens is 2. The molecule has 0 radical (unpaired) electrons. The summed E-state index contributed by atoms with van der Waals surface area (Å²) in [6.45, 7) is -2.38. The van der Waals surface area contributed by atoms with Crippen LogP contribution < -0.4 is 0 Å². The van der Waals surface area contributed by atoms with E-state index in [2.05, 4.69) is 127 Å². The van der Waals surface area contributed by atoms with Crippen LogP contribution in [0.1, 0.15) is 9.68 Å². The fraction of sp³-hybridized carbons (Fsp3) is 0.0200. The van der Waals surface area contributed by atoms with Crippen molar-refractivity contribution in [3.05, 3.63) is 194 Å². The first kappa shape index (κ1) is 27.7. The Bertz CT molecular complexity index is 2920. The lowest BCUT2D eigenvalue weighted by atomic mass is 9.78. The summed E-state index contributed by atoms with van der Waals surface area (Å²) in [6, 6.07) is 64.4. The molecule has 0 spiro atoms. The third-order valence-corrected chi connectivity index (χ3v) is 10.2. The minimum atomic E-state index is -2.38. The minimum Gasteiger partial charge on any atom is -0.422 e. The molecule has 10 aromatic rings. The Morgan fingerprint density at radius 2 is 0.906 bits per heavy atom. The maximum Gasteiger partial charge on any atom is 0.307 e. The Morgan fingerprint density at radius 1 is 0.434 bits per heavy atom. The number of hydrogen-bond donors (Lipinski definition) is 0. The van der Waals surface area contributed by atoms with Gasteiger partial charge in [0.05, 0.1) is 16.6 Å². The van der Waals surface area contributed by atoms with E-state index in [9.17, 15) is 0 Å². The molecular weight excluding hydrogens is 645 g/mol. The van der Waals surface area contributed by atoms with Crippen LogP contribution in [0.4, 0.5) is 0 Å². The van der Waals surface area contributed by atoms with Gasteiger partial charge in [-0.3, -0.25) is 4.40 Å². The summed E-state index contributed by atoms with van der Waals surface area (Å²) in [5.41, 5.74) is 15.5. The predicted molar refractivity (Wildman–Crippen MR) is 220 cm³/mol. The molecule has 0 N–H and O–H groups in total. The normalized spacial score (nSPS) is 12.6. The van der Waals surface area contributed by atoms with Crippen LogP contribution in [0.5, 0.6) is 0 Å². The molecule has 0 aliphatic rings. The number of nitrogens with zero attached hydrogens (tertiary/aromatic N) is 2. The molecule has 53 heavy (non-hydrogen) atoms. The second kappa shape index (κ2) is 12.7. The summed E-state index contributed by atoms with van der Waals surface area (Å²) in [6.07, 6.45) is 0. The second-order valence-electron chi connectivity index (χ2n) is 13.3. The zero-order chi connectivity index (χ0) is 37.8. The number of fused-ring (bicyclic) bond motifs is 5. The van der Waals surface area contributed by atoms with Crippen LogP contribution in [-0.2, 0) is 0 Å². The van der Waals surface area contributed by atoms with E-state index >= 15 is 0 Å². The van der Waals surface area contributed by atoms with Crippen molar-refractivity contribution in [2.24, 2.45) is 0 Å². The van der Waals surface area contributed by atoms with Crippen LogP contribution >= 0.6 is 0 Å². The van der Waals surface area contributed by atoms with Crippen molar-refractivity contribution in [3.63, 3.8) is 0 Å². The molecular formula is C50H34N2O. The van der Waals surface area contributed by atoms with Gasteiger partial charge in [0.1, 0.15) is 0 Å². The molecule has 0 atom stereocenters. The Morgan fingerprint density at radius 3 is 1.45 bits per heavy atom. The summed E-state index contributed by atoms with van der Waals surface area (Å²) in [4.78, 5) is 4.73. The summed E-state index contributed by atoms with van der Waals surface area (Å²) >= 11 is 0. The maximum absolute atomic E-state index is 8.57. The fourth-order valence-electron chi connectivity index (χ4n) is 7.81. The van der Waals surface area contributed by atoms with E-state index in [1.54, 1.807) is 6.07 Å². The van der Waals surface area contributed by atoms with Gasteiger partial charge in [0.25, 0.3) is 0 Å². The van der Waals surface area contributed by atoms with Crippen LogP contribution in [0.15, 0.2) is 192 Å². The Balaban J connectivity index is 1.28. The molecule has 0 unspecified atom stereocenters. The van der Waals surface area contributed by atoms with Crippen LogP contribution in [-0.4, -0.2) is 9.38 Å². The quantitative estimate of drug-likeness (QED) is 0.175. The molecule has 3 nitrogen and oxygen atoms in total. The van der Waals surface area contributed by atoms with Gasteiger partial charge in [0.15, 0.2) is 5.58 Å². The van der Waals surface area contributed by atoms with E-state index in [0.29, 0.717) is 17.0 Å². The molecule has 0 aliphatic heterocycles. The third kappa shape index (κ3) is 5.17. The molecule has 10 rings (SSSR count). The zero-order valence-corrected chi connectivity index (χ0v) is 28.7. The maximum atomic E-state index is 8.57. The highest BCUT2D eigenvalue weighted by atomic mass is 16.4. The van der Waals surface area contributed by atoms with Crippen molar-refractivity contribution < 1.29 is 8.53 Å². The van der Waals surface area contributed by atoms with E-state index in [1.165, 1.54) is 0 Å². The van der Waals surface area contributed by atoms with Gasteiger partial charge >= 0.3 is 5.84 Å². The monoisotopic (exact) mass is 681 g/mol. The topological polar surface area (TPSA) is 30.4 Å². The summed E-state index contributed by atoms with van der Waals surface area (Å²) in [5, 5.41) is 0. The van der Waals surface area contributed by atoms with E-state index < -0.39 is 6.85 Å². The van der Waals surface area contributed by atoms with E-state index in [4.69, 9.17) is 13.5 Å². The zero-order valence-electron chi connectivity index (χ0n) is 31.7. The molecule has 250 valence electrons. The first-order chi connectivity index (χ1) is 27.4. The molecule has 2 heterocycles. The molecule has 0 fully saturated rings. The number of rotatable bonds is 6. The van der Waals surface area contributed by atoms with Gasteiger partial charge < -0.3 is 4.42 Å². The van der Waals surface area contributed by atoms with Crippen molar-refractivity contribution in [2.45, 2.75) is 6.85 Å². The van der Waals surface area contributed by atoms with Crippen LogP contribution in [0.2, 0.25) is 0 Å². The molecule has 3 heteroatoms. The number of aryl methyl sites for hydroxylation is 1. The minimum absolute atomic E-state index is 0.228. The molecule has 0 aliphatic carbocycles. The Labute approximate surface area is 312 Å². The van der Waals surface area contributed by atoms with Crippen molar-refractivity contribution in [2.75, 3.05) is 0 Å². The van der Waals surface area contributed by atoms with E-state index in [-0.39, 0.29) is 5.56 Å². The lowest BCUT2D eigenvalue weighted by molar-refractivity contribution is 0.644. The van der Waals surface area contributed by atoms with Gasteiger partial charge in [-0.05, 0) is 97.9 Å². The molecule has 0 amide bonds. The van der Waals surface area contributed by atoms with Crippen molar-refractivity contribution in [1.29, 1.82) is 0 Å². The summed E-state index contributed by atoms with van der Waals surface area (Å²) < 4.78 is 34.1. The van der Waals surface area contributed by atoms with Gasteiger partial charge in [-0.1, -0.05) is 164 Å². The average molecular weight is 682 g/mol. The van der Waals surface area contributed by atoms with Crippen LogP contribution in [0.25, 0.3) is 94.7 Å². The largest absolute Gasteiger partial charge is 0.422 e. The third-order valence-electron chi connectivity index (χ3n) is 10.2. The number of hydrogen-bond acceptors (Lipinski definition) is 2. The van der Waals surface area contributed by atoms with Crippen molar-refractivity contribution in [1.82, 2.24) is 9.38 Å². The van der Waals surface area contributed by atoms with Gasteiger partial charge in [-0.2, -0.15) is 4.98 Å². The highest BCUT2D eigenvalue weighted by molar-refractivity contribution is 6.08. The van der Waals surface area contributed by atoms with Gasteiger partial charge in [-0.25, -0.2) is 0 Å². The number of para-hydroxylation sites is 2. The highest BCUT2D eigenvalue weighted by Gasteiger charge is 2.24. The first-order valence-electron chi connectivity index (χ1n) is 19.3. The average Bonchev–Trinajstić information content (AvgIpc) is 3.80. The lowest BCUT2D eigenvalue weighted by Gasteiger charge is -2.24. The smallest absolute Gasteiger partial charge is 0.307 e. The summed E-state index contributed by atoms with van der Waals surface area (Å²) in [7, 11) is 0. The molecule has 8 aromatic carbocycles. The standard InChI is InChI=1S/C50H34N2O/c1-33-26-31-44-49(53-50-51-42-24-14-15-25-43(42)52(44)50)45(33)38-27-29-39(30-28-38)48-46(36-20-10-4-11-21-36)40(34-16-6-2-7-17-34)32-41(35-18-8-3-9-19-35)47(48)37-22-12-5-13-23-37/h2-32H,1H3/i1D3. The lowest BCUT2D eigenvalue weighted by Crippen LogP contribution is -1.98. The van der Waals surface area contributed by atoms with Gasteiger partial charge in [0.2, 0.25) is 0 Å². The van der Waals surface area contributed by atoms with Gasteiger partial charge in [0, 0.05) is 9.68 Å². The molecule has 2 aromatic heterocycles. The number of oxazole rings is 1. The molecule has 0 saturated heterocycles. The first-order valence-corrected chi connectivity index (χ1v) is 17.8. The predicted octanol–water partition coefficient (Wildman–Crippen LogP) is 13.5. The van der Waals surface area contributed by atoms with Crippen LogP contribution in [0.3, 0.4) is 0 Å². The van der Waals surface area contributed by atoms with Crippen molar-refractivity contribution in [3.8, 4) is 66.8 Å². The van der Waals surface area contributed by atoms with E-state index in [1.807, 2.05) is 59.0 Å². The number of imidazole rings is 1. The Kier molecular flexibility index (Phi) is 6.62. The van der Waals surface area contributed by atoms with E-state index in [0.717, 1.165) is 77.7 Å². The number of benzene rings is 8. The molecule has 0 bridgehead atoms.